The highest BCUT2D eigenvalue weighted by Gasteiger charge is 2.41. The summed E-state index contributed by atoms with van der Waals surface area (Å²) >= 11 is 0. The SMILES string of the molecule is c1ccc(-c2ccc(-c3cccc(-n4c5ccccc5c5cccc(-n6c7ccccc7c7cc([Si](c8ccccc8)(c8ccccc8)c8ccccc8)ccc76)c54)c3)cc2)cc1. The van der Waals surface area contributed by atoms with Gasteiger partial charge in [0.25, 0.3) is 0 Å². The van der Waals surface area contributed by atoms with Crippen LogP contribution in [0.25, 0.3) is 77.2 Å². The monoisotopic (exact) mass is 818 g/mol. The van der Waals surface area contributed by atoms with Gasteiger partial charge in [-0.05, 0) is 79.4 Å². The Morgan fingerprint density at radius 2 is 0.698 bits per heavy atom. The molecule has 0 saturated heterocycles. The molecule has 12 aromatic rings. The second kappa shape index (κ2) is 15.2. The van der Waals surface area contributed by atoms with Gasteiger partial charge in [0.1, 0.15) is 0 Å². The third-order valence-corrected chi connectivity index (χ3v) is 17.8. The molecule has 0 bridgehead atoms. The van der Waals surface area contributed by atoms with Crippen LogP contribution in [0, 0.1) is 0 Å². The fourth-order valence-electron chi connectivity index (χ4n) is 10.3. The lowest BCUT2D eigenvalue weighted by atomic mass is 10.00. The topological polar surface area (TPSA) is 9.86 Å². The zero-order chi connectivity index (χ0) is 41.7. The first kappa shape index (κ1) is 36.8. The van der Waals surface area contributed by atoms with Crippen LogP contribution < -0.4 is 20.7 Å². The maximum absolute atomic E-state index is 2.76. The first-order valence-corrected chi connectivity index (χ1v) is 23.8. The Morgan fingerprint density at radius 3 is 1.32 bits per heavy atom. The molecular formula is C60H42N2Si. The van der Waals surface area contributed by atoms with E-state index in [4.69, 9.17) is 0 Å². The number of aromatic nitrogens is 2. The van der Waals surface area contributed by atoms with Crippen molar-refractivity contribution in [3.8, 4) is 33.6 Å². The van der Waals surface area contributed by atoms with Crippen molar-refractivity contribution in [1.29, 1.82) is 0 Å². The van der Waals surface area contributed by atoms with E-state index in [2.05, 4.69) is 264 Å². The molecule has 63 heavy (non-hydrogen) atoms. The second-order valence-corrected chi connectivity index (χ2v) is 20.3. The highest BCUT2D eigenvalue weighted by Crippen LogP contribution is 2.40. The van der Waals surface area contributed by atoms with E-state index in [1.807, 2.05) is 0 Å². The summed E-state index contributed by atoms with van der Waals surface area (Å²) in [6.45, 7) is 0. The van der Waals surface area contributed by atoms with Crippen molar-refractivity contribution < 1.29 is 0 Å². The first-order valence-electron chi connectivity index (χ1n) is 21.8. The van der Waals surface area contributed by atoms with Gasteiger partial charge in [-0.25, -0.2) is 0 Å². The molecule has 2 heterocycles. The van der Waals surface area contributed by atoms with Gasteiger partial charge in [0, 0.05) is 27.2 Å². The molecule has 0 unspecified atom stereocenters. The molecule has 0 aliphatic heterocycles. The second-order valence-electron chi connectivity index (χ2n) is 16.5. The standard InChI is InChI=1S/C60H42N2Si/c1-5-19-43(20-6-1)44-35-37-45(38-36-44)46-21-17-22-47(41-46)61-56-32-15-13-29-52(56)54-31-18-34-59(60(54)61)62-57-33-16-14-30-53(57)55-42-51(39-40-58(55)62)63(48-23-7-2-8-24-48,49-25-9-3-10-26-49)50-27-11-4-12-28-50/h1-42H. The van der Waals surface area contributed by atoms with E-state index >= 15 is 0 Å². The highest BCUT2D eigenvalue weighted by atomic mass is 28.3. The van der Waals surface area contributed by atoms with Crippen LogP contribution in [0.4, 0.5) is 0 Å². The maximum Gasteiger partial charge on any atom is 0.179 e. The summed E-state index contributed by atoms with van der Waals surface area (Å²) in [5, 5.41) is 10.4. The average Bonchev–Trinajstić information content (AvgIpc) is 3.89. The van der Waals surface area contributed by atoms with E-state index in [-0.39, 0.29) is 0 Å². The third kappa shape index (κ3) is 5.93. The van der Waals surface area contributed by atoms with Gasteiger partial charge in [0.2, 0.25) is 0 Å². The molecule has 0 N–H and O–H groups in total. The molecule has 0 amide bonds. The largest absolute Gasteiger partial charge is 0.307 e. The zero-order valence-corrected chi connectivity index (χ0v) is 35.6. The van der Waals surface area contributed by atoms with E-state index in [1.165, 1.54) is 86.6 Å². The van der Waals surface area contributed by atoms with E-state index < -0.39 is 8.07 Å². The van der Waals surface area contributed by atoms with Gasteiger partial charge in [0.15, 0.2) is 8.07 Å². The van der Waals surface area contributed by atoms with Crippen molar-refractivity contribution in [3.63, 3.8) is 0 Å². The molecule has 0 aliphatic carbocycles. The van der Waals surface area contributed by atoms with E-state index in [0.717, 1.165) is 11.4 Å². The van der Waals surface area contributed by atoms with Crippen LogP contribution in [0.2, 0.25) is 0 Å². The fraction of sp³-hybridized carbons (Fsp3) is 0. The molecule has 296 valence electrons. The van der Waals surface area contributed by atoms with Crippen LogP contribution in [0.5, 0.6) is 0 Å². The van der Waals surface area contributed by atoms with Gasteiger partial charge in [-0.2, -0.15) is 0 Å². The Balaban J connectivity index is 1.09. The summed E-state index contributed by atoms with van der Waals surface area (Å²) in [6.07, 6.45) is 0. The van der Waals surface area contributed by atoms with Crippen LogP contribution in [0.3, 0.4) is 0 Å². The molecule has 0 fully saturated rings. The van der Waals surface area contributed by atoms with Crippen molar-refractivity contribution in [3.05, 3.63) is 255 Å². The van der Waals surface area contributed by atoms with Gasteiger partial charge < -0.3 is 9.13 Å². The third-order valence-electron chi connectivity index (χ3n) is 13.1. The van der Waals surface area contributed by atoms with Crippen LogP contribution >= 0.6 is 0 Å². The number of fused-ring (bicyclic) bond motifs is 6. The molecule has 2 nitrogen and oxygen atoms in total. The first-order chi connectivity index (χ1) is 31.3. The van der Waals surface area contributed by atoms with E-state index in [0.29, 0.717) is 0 Å². The van der Waals surface area contributed by atoms with Crippen molar-refractivity contribution in [2.24, 2.45) is 0 Å². The normalized spacial score (nSPS) is 11.8. The summed E-state index contributed by atoms with van der Waals surface area (Å²) in [5.41, 5.74) is 11.8. The summed E-state index contributed by atoms with van der Waals surface area (Å²) in [4.78, 5) is 0. The van der Waals surface area contributed by atoms with Crippen LogP contribution in [-0.2, 0) is 0 Å². The number of hydrogen-bond donors (Lipinski definition) is 0. The molecule has 3 heteroatoms. The van der Waals surface area contributed by atoms with Crippen LogP contribution in [-0.4, -0.2) is 17.2 Å². The fourth-order valence-corrected chi connectivity index (χ4v) is 15.1. The molecule has 0 atom stereocenters. The minimum Gasteiger partial charge on any atom is -0.307 e. The van der Waals surface area contributed by atoms with Crippen molar-refractivity contribution >= 4 is 72.4 Å². The quantitative estimate of drug-likeness (QED) is 0.107. The summed E-state index contributed by atoms with van der Waals surface area (Å²) in [6, 6.07) is 94.2. The van der Waals surface area contributed by atoms with E-state index in [1.54, 1.807) is 0 Å². The molecule has 0 radical (unpaired) electrons. The minimum atomic E-state index is -2.76. The highest BCUT2D eigenvalue weighted by molar-refractivity contribution is 7.20. The lowest BCUT2D eigenvalue weighted by Crippen LogP contribution is -2.74. The van der Waals surface area contributed by atoms with Gasteiger partial charge in [-0.15, -0.1) is 0 Å². The Kier molecular flexibility index (Phi) is 8.87. The van der Waals surface area contributed by atoms with Gasteiger partial charge in [-0.1, -0.05) is 218 Å². The maximum atomic E-state index is 2.52. The number of hydrogen-bond acceptors (Lipinski definition) is 0. The molecule has 0 aliphatic rings. The minimum absolute atomic E-state index is 1.13. The van der Waals surface area contributed by atoms with E-state index in [9.17, 15) is 0 Å². The Bertz CT molecular complexity index is 3490. The number of rotatable bonds is 8. The number of para-hydroxylation sites is 3. The molecule has 2 aromatic heterocycles. The molecule has 0 saturated carbocycles. The van der Waals surface area contributed by atoms with Gasteiger partial charge in [0.05, 0.1) is 27.8 Å². The predicted molar refractivity (Wildman–Crippen MR) is 270 cm³/mol. The average molecular weight is 819 g/mol. The smallest absolute Gasteiger partial charge is 0.179 e. The van der Waals surface area contributed by atoms with Crippen molar-refractivity contribution in [1.82, 2.24) is 9.13 Å². The lowest BCUT2D eigenvalue weighted by Gasteiger charge is -2.34. The summed E-state index contributed by atoms with van der Waals surface area (Å²) in [7, 11) is -2.76. The Hall–Kier alpha value is -7.98. The molecule has 12 rings (SSSR count). The number of benzene rings is 10. The van der Waals surface area contributed by atoms with Crippen LogP contribution in [0.15, 0.2) is 255 Å². The summed E-state index contributed by atoms with van der Waals surface area (Å²) < 4.78 is 4.99. The predicted octanol–water partition coefficient (Wildman–Crippen LogP) is 12.6. The van der Waals surface area contributed by atoms with Crippen LogP contribution in [0.1, 0.15) is 0 Å². The number of nitrogens with zero attached hydrogens (tertiary/aromatic N) is 2. The Morgan fingerprint density at radius 1 is 0.254 bits per heavy atom. The molecule has 0 spiro atoms. The van der Waals surface area contributed by atoms with Gasteiger partial charge in [-0.3, -0.25) is 0 Å². The zero-order valence-electron chi connectivity index (χ0n) is 34.6. The molecule has 10 aromatic carbocycles. The van der Waals surface area contributed by atoms with Crippen molar-refractivity contribution in [2.75, 3.05) is 0 Å². The molecular weight excluding hydrogens is 777 g/mol. The Labute approximate surface area is 368 Å². The summed E-state index contributed by atoms with van der Waals surface area (Å²) in [5.74, 6) is 0. The van der Waals surface area contributed by atoms with Gasteiger partial charge >= 0.3 is 0 Å². The van der Waals surface area contributed by atoms with Crippen molar-refractivity contribution in [2.45, 2.75) is 0 Å². The lowest BCUT2D eigenvalue weighted by molar-refractivity contribution is 1.13.